The normalized spacial score (nSPS) is 16.4. The van der Waals surface area contributed by atoms with Crippen molar-refractivity contribution in [3.8, 4) is 0 Å². The van der Waals surface area contributed by atoms with E-state index in [1.807, 2.05) is 24.3 Å². The molecule has 0 spiro atoms. The molecule has 1 fully saturated rings. The van der Waals surface area contributed by atoms with Crippen LogP contribution in [0.3, 0.4) is 0 Å². The van der Waals surface area contributed by atoms with Crippen LogP contribution in [0.25, 0.3) is 0 Å². The third-order valence-corrected chi connectivity index (χ3v) is 4.36. The van der Waals surface area contributed by atoms with Crippen molar-refractivity contribution >= 4 is 29.3 Å². The number of anilines is 2. The quantitative estimate of drug-likeness (QED) is 0.780. The Bertz CT molecular complexity index is 843. The lowest BCUT2D eigenvalue weighted by molar-refractivity contribution is -0.151. The molecule has 8 heteroatoms. The first-order chi connectivity index (χ1) is 13.0. The lowest BCUT2D eigenvalue weighted by Gasteiger charge is -2.17. The van der Waals surface area contributed by atoms with Crippen LogP contribution in [0.4, 0.5) is 11.5 Å². The Labute approximate surface area is 156 Å². The Morgan fingerprint density at radius 1 is 1.33 bits per heavy atom. The first-order valence-corrected chi connectivity index (χ1v) is 8.75. The third-order valence-electron chi connectivity index (χ3n) is 4.36. The minimum absolute atomic E-state index is 0.0679. The second-order valence-electron chi connectivity index (χ2n) is 6.40. The number of aryl methyl sites for hydroxylation is 2. The summed E-state index contributed by atoms with van der Waals surface area (Å²) in [5, 5.41) is 6.09. The van der Waals surface area contributed by atoms with Crippen LogP contribution in [-0.2, 0) is 25.5 Å². The van der Waals surface area contributed by atoms with Gasteiger partial charge in [0, 0.05) is 24.7 Å². The topological polar surface area (TPSA) is 102 Å². The van der Waals surface area contributed by atoms with Gasteiger partial charge in [0.05, 0.1) is 5.92 Å². The predicted molar refractivity (Wildman–Crippen MR) is 97.1 cm³/mol. The van der Waals surface area contributed by atoms with Gasteiger partial charge in [-0.15, -0.1) is 0 Å². The molecule has 0 bridgehead atoms. The number of hydrogen-bond donors (Lipinski definition) is 1. The van der Waals surface area contributed by atoms with Gasteiger partial charge in [-0.1, -0.05) is 24.2 Å². The van der Waals surface area contributed by atoms with E-state index in [-0.39, 0.29) is 24.7 Å². The molecular weight excluding hydrogens is 350 g/mol. The Kier molecular flexibility index (Phi) is 5.54. The molecule has 142 valence electrons. The van der Waals surface area contributed by atoms with Crippen molar-refractivity contribution in [2.75, 3.05) is 23.4 Å². The molecule has 1 saturated heterocycles. The van der Waals surface area contributed by atoms with Gasteiger partial charge in [-0.2, -0.15) is 0 Å². The van der Waals surface area contributed by atoms with E-state index in [1.54, 1.807) is 17.9 Å². The second-order valence-corrected chi connectivity index (χ2v) is 6.40. The predicted octanol–water partition coefficient (Wildman–Crippen LogP) is 2.08. The van der Waals surface area contributed by atoms with Crippen LogP contribution in [0, 0.1) is 12.8 Å². The number of benzene rings is 1. The summed E-state index contributed by atoms with van der Waals surface area (Å²) in [6, 6.07) is 9.22. The molecule has 0 saturated carbocycles. The highest BCUT2D eigenvalue weighted by Crippen LogP contribution is 2.26. The van der Waals surface area contributed by atoms with E-state index in [9.17, 15) is 14.4 Å². The molecule has 1 aliphatic rings. The second kappa shape index (κ2) is 8.03. The molecule has 8 nitrogen and oxygen atoms in total. The standard InChI is InChI=1S/C19H21N3O5/c1-3-13-4-6-15(7-5-13)22-10-14(9-18(22)24)19(25)26-11-17(23)20-16-8-12(2)27-21-16/h4-8,14H,3,9-11H2,1-2H3,(H,20,21,23)/t14-/m1/s1. The maximum absolute atomic E-state index is 12.2. The van der Waals surface area contributed by atoms with Gasteiger partial charge in [0.25, 0.3) is 5.91 Å². The van der Waals surface area contributed by atoms with E-state index >= 15 is 0 Å². The SMILES string of the molecule is CCc1ccc(N2C[C@H](C(=O)OCC(=O)Nc3cc(C)on3)CC2=O)cc1. The number of amides is 2. The molecule has 2 heterocycles. The van der Waals surface area contributed by atoms with Gasteiger partial charge < -0.3 is 19.5 Å². The van der Waals surface area contributed by atoms with Crippen molar-refractivity contribution < 1.29 is 23.6 Å². The summed E-state index contributed by atoms with van der Waals surface area (Å²) >= 11 is 0. The van der Waals surface area contributed by atoms with Crippen molar-refractivity contribution in [3.63, 3.8) is 0 Å². The van der Waals surface area contributed by atoms with Crippen molar-refractivity contribution in [2.24, 2.45) is 5.92 Å². The minimum Gasteiger partial charge on any atom is -0.455 e. The highest BCUT2D eigenvalue weighted by Gasteiger charge is 2.36. The van der Waals surface area contributed by atoms with Gasteiger partial charge in [-0.05, 0) is 31.0 Å². The zero-order valence-electron chi connectivity index (χ0n) is 15.2. The number of hydrogen-bond acceptors (Lipinski definition) is 6. The fraction of sp³-hybridized carbons (Fsp3) is 0.368. The van der Waals surface area contributed by atoms with Gasteiger partial charge >= 0.3 is 5.97 Å². The Balaban J connectivity index is 1.51. The van der Waals surface area contributed by atoms with Crippen LogP contribution in [-0.4, -0.2) is 36.1 Å². The molecule has 2 amide bonds. The van der Waals surface area contributed by atoms with Crippen LogP contribution in [0.1, 0.15) is 24.7 Å². The number of aromatic nitrogens is 1. The van der Waals surface area contributed by atoms with E-state index in [0.717, 1.165) is 12.1 Å². The average Bonchev–Trinajstić information content (AvgIpc) is 3.25. The average molecular weight is 371 g/mol. The van der Waals surface area contributed by atoms with Crippen molar-refractivity contribution in [1.82, 2.24) is 5.16 Å². The zero-order chi connectivity index (χ0) is 19.4. The number of nitrogens with one attached hydrogen (secondary N) is 1. The van der Waals surface area contributed by atoms with Gasteiger partial charge in [0.2, 0.25) is 5.91 Å². The zero-order valence-corrected chi connectivity index (χ0v) is 15.2. The molecule has 2 aromatic rings. The van der Waals surface area contributed by atoms with Crippen LogP contribution < -0.4 is 10.2 Å². The summed E-state index contributed by atoms with van der Waals surface area (Å²) in [6.45, 7) is 3.55. The summed E-state index contributed by atoms with van der Waals surface area (Å²) in [6.07, 6.45) is 0.984. The first kappa shape index (κ1) is 18.6. The largest absolute Gasteiger partial charge is 0.455 e. The molecule has 1 aliphatic heterocycles. The van der Waals surface area contributed by atoms with E-state index in [0.29, 0.717) is 5.76 Å². The van der Waals surface area contributed by atoms with E-state index in [1.165, 1.54) is 5.56 Å². The Morgan fingerprint density at radius 3 is 2.70 bits per heavy atom. The molecule has 0 aliphatic carbocycles. The summed E-state index contributed by atoms with van der Waals surface area (Å²) in [5.74, 6) is -1.00. The van der Waals surface area contributed by atoms with Crippen LogP contribution in [0.15, 0.2) is 34.9 Å². The number of carbonyl (C=O) groups excluding carboxylic acids is 3. The monoisotopic (exact) mass is 371 g/mol. The maximum Gasteiger partial charge on any atom is 0.311 e. The molecule has 1 aromatic heterocycles. The minimum atomic E-state index is -0.592. The summed E-state index contributed by atoms with van der Waals surface area (Å²) < 4.78 is 9.88. The number of carbonyl (C=O) groups is 3. The highest BCUT2D eigenvalue weighted by molar-refractivity contribution is 6.00. The molecule has 0 radical (unpaired) electrons. The lowest BCUT2D eigenvalue weighted by atomic mass is 10.1. The fourth-order valence-electron chi connectivity index (χ4n) is 2.89. The first-order valence-electron chi connectivity index (χ1n) is 8.75. The van der Waals surface area contributed by atoms with Gasteiger partial charge in [-0.3, -0.25) is 14.4 Å². The Morgan fingerprint density at radius 2 is 2.07 bits per heavy atom. The number of nitrogens with zero attached hydrogens (tertiary/aromatic N) is 2. The van der Waals surface area contributed by atoms with Gasteiger partial charge in [0.1, 0.15) is 5.76 Å². The van der Waals surface area contributed by atoms with Crippen molar-refractivity contribution in [1.29, 1.82) is 0 Å². The van der Waals surface area contributed by atoms with Crippen LogP contribution in [0.5, 0.6) is 0 Å². The lowest BCUT2D eigenvalue weighted by Crippen LogP contribution is -2.28. The molecule has 0 unspecified atom stereocenters. The molecule has 27 heavy (non-hydrogen) atoms. The molecule has 1 N–H and O–H groups in total. The summed E-state index contributed by atoms with van der Waals surface area (Å²) in [5.41, 5.74) is 1.93. The van der Waals surface area contributed by atoms with Crippen molar-refractivity contribution in [3.05, 3.63) is 41.7 Å². The summed E-state index contributed by atoms with van der Waals surface area (Å²) in [7, 11) is 0. The number of esters is 1. The molecule has 1 aromatic carbocycles. The smallest absolute Gasteiger partial charge is 0.311 e. The van der Waals surface area contributed by atoms with E-state index in [4.69, 9.17) is 9.26 Å². The fourth-order valence-corrected chi connectivity index (χ4v) is 2.89. The highest BCUT2D eigenvalue weighted by atomic mass is 16.5. The Hall–Kier alpha value is -3.16. The number of rotatable bonds is 6. The van der Waals surface area contributed by atoms with Gasteiger partial charge in [0.15, 0.2) is 12.4 Å². The molecule has 3 rings (SSSR count). The van der Waals surface area contributed by atoms with E-state index in [2.05, 4.69) is 17.4 Å². The van der Waals surface area contributed by atoms with Gasteiger partial charge in [-0.25, -0.2) is 0 Å². The van der Waals surface area contributed by atoms with Crippen molar-refractivity contribution in [2.45, 2.75) is 26.7 Å². The third kappa shape index (κ3) is 4.52. The number of ether oxygens (including phenoxy) is 1. The van der Waals surface area contributed by atoms with Crippen LogP contribution in [0.2, 0.25) is 0 Å². The molecular formula is C19H21N3O5. The maximum atomic E-state index is 12.2. The van der Waals surface area contributed by atoms with Crippen LogP contribution >= 0.6 is 0 Å². The summed E-state index contributed by atoms with van der Waals surface area (Å²) in [4.78, 5) is 37.8. The van der Waals surface area contributed by atoms with E-state index < -0.39 is 24.4 Å². The molecule has 1 atom stereocenters.